The fourth-order valence-electron chi connectivity index (χ4n) is 1.50. The molecule has 1 aromatic carbocycles. The molecule has 0 aliphatic carbocycles. The molecule has 0 unspecified atom stereocenters. The summed E-state index contributed by atoms with van der Waals surface area (Å²) in [6.45, 7) is -0.362. The number of benzene rings is 1. The Morgan fingerprint density at radius 1 is 1.29 bits per heavy atom. The monoisotopic (exact) mass is 309 g/mol. The van der Waals surface area contributed by atoms with Gasteiger partial charge in [0.15, 0.2) is 0 Å². The van der Waals surface area contributed by atoms with Crippen LogP contribution in [0.3, 0.4) is 0 Å². The third kappa shape index (κ3) is 3.63. The van der Waals surface area contributed by atoms with Crippen molar-refractivity contribution in [3.05, 3.63) is 39.4 Å². The highest BCUT2D eigenvalue weighted by molar-refractivity contribution is 5.45. The van der Waals surface area contributed by atoms with Crippen molar-refractivity contribution in [2.75, 3.05) is 6.54 Å². The summed E-state index contributed by atoms with van der Waals surface area (Å²) in [4.78, 5) is 9.71. The number of alkyl halides is 5. The molecule has 0 saturated heterocycles. The fourth-order valence-corrected chi connectivity index (χ4v) is 1.50. The maximum atomic E-state index is 13.1. The van der Waals surface area contributed by atoms with Gasteiger partial charge in [0.2, 0.25) is 0 Å². The molecular weight excluding hydrogens is 301 g/mol. The van der Waals surface area contributed by atoms with Gasteiger partial charge in [-0.15, -0.1) is 0 Å². The summed E-state index contributed by atoms with van der Waals surface area (Å²) in [6.07, 6.45) is -5.85. The van der Waals surface area contributed by atoms with Crippen LogP contribution in [-0.2, 0) is 12.5 Å². The van der Waals surface area contributed by atoms with Crippen LogP contribution in [0.25, 0.3) is 0 Å². The van der Waals surface area contributed by atoms with E-state index in [1.54, 1.807) is 6.07 Å². The first-order valence-corrected chi connectivity index (χ1v) is 5.41. The SMILES string of the molecule is N#CCNCc1ccc(C(F)(F)C(F)(F)F)cc1[N+](=O)[O-]. The minimum atomic E-state index is -5.85. The maximum Gasteiger partial charge on any atom is 0.458 e. The van der Waals surface area contributed by atoms with Gasteiger partial charge in [0.05, 0.1) is 17.5 Å². The number of nitrogens with one attached hydrogen (secondary N) is 1. The van der Waals surface area contributed by atoms with Crippen molar-refractivity contribution in [3.8, 4) is 6.07 Å². The van der Waals surface area contributed by atoms with Gasteiger partial charge in [-0.1, -0.05) is 12.1 Å². The van der Waals surface area contributed by atoms with Gasteiger partial charge in [-0.2, -0.15) is 27.2 Å². The Morgan fingerprint density at radius 3 is 2.38 bits per heavy atom. The zero-order chi connectivity index (χ0) is 16.3. The Labute approximate surface area is 115 Å². The molecule has 0 bridgehead atoms. The van der Waals surface area contributed by atoms with Crippen LogP contribution in [0.2, 0.25) is 0 Å². The summed E-state index contributed by atoms with van der Waals surface area (Å²) in [5.41, 5.74) is -2.48. The number of nitriles is 1. The Balaban J connectivity index is 3.21. The molecule has 0 amide bonds. The molecule has 1 N–H and O–H groups in total. The first-order valence-electron chi connectivity index (χ1n) is 5.41. The molecule has 0 aliphatic rings. The minimum Gasteiger partial charge on any atom is -0.300 e. The summed E-state index contributed by atoms with van der Waals surface area (Å²) >= 11 is 0. The second-order valence-electron chi connectivity index (χ2n) is 3.93. The first-order chi connectivity index (χ1) is 9.61. The molecule has 0 aromatic heterocycles. The maximum absolute atomic E-state index is 13.1. The Kier molecular flexibility index (Phi) is 4.80. The van der Waals surface area contributed by atoms with Gasteiger partial charge in [-0.05, 0) is 0 Å². The van der Waals surface area contributed by atoms with Crippen LogP contribution >= 0.6 is 0 Å². The zero-order valence-corrected chi connectivity index (χ0v) is 10.2. The molecular formula is C11H8F5N3O2. The van der Waals surface area contributed by atoms with Gasteiger partial charge >= 0.3 is 12.1 Å². The van der Waals surface area contributed by atoms with E-state index < -0.39 is 28.3 Å². The molecule has 5 nitrogen and oxygen atoms in total. The quantitative estimate of drug-likeness (QED) is 0.298. The summed E-state index contributed by atoms with van der Waals surface area (Å²) in [6, 6.07) is 3.16. The molecule has 0 atom stereocenters. The predicted molar refractivity (Wildman–Crippen MR) is 60.4 cm³/mol. The van der Waals surface area contributed by atoms with Crippen molar-refractivity contribution in [3.63, 3.8) is 0 Å². The van der Waals surface area contributed by atoms with Crippen molar-refractivity contribution < 1.29 is 26.9 Å². The number of hydrogen-bond acceptors (Lipinski definition) is 4. The van der Waals surface area contributed by atoms with Crippen LogP contribution in [-0.4, -0.2) is 17.6 Å². The average molecular weight is 309 g/mol. The molecule has 0 aliphatic heterocycles. The number of halogens is 5. The van der Waals surface area contributed by atoms with Crippen LogP contribution in [0, 0.1) is 21.4 Å². The summed E-state index contributed by atoms with van der Waals surface area (Å²) in [5, 5.41) is 21.5. The molecule has 0 radical (unpaired) electrons. The van der Waals surface area contributed by atoms with Crippen LogP contribution in [0.4, 0.5) is 27.6 Å². The lowest BCUT2D eigenvalue weighted by Gasteiger charge is -2.20. The Hall–Kier alpha value is -2.28. The molecule has 0 fully saturated rings. The lowest BCUT2D eigenvalue weighted by Crippen LogP contribution is -2.33. The third-order valence-corrected chi connectivity index (χ3v) is 2.52. The molecule has 0 heterocycles. The fraction of sp³-hybridized carbons (Fsp3) is 0.364. The lowest BCUT2D eigenvalue weighted by atomic mass is 10.0. The van der Waals surface area contributed by atoms with Crippen molar-refractivity contribution >= 4 is 5.69 Å². The van der Waals surface area contributed by atoms with Crippen molar-refractivity contribution in [1.29, 1.82) is 5.26 Å². The van der Waals surface area contributed by atoms with Gasteiger partial charge in [-0.25, -0.2) is 0 Å². The van der Waals surface area contributed by atoms with Gasteiger partial charge in [0.1, 0.15) is 0 Å². The average Bonchev–Trinajstić information content (AvgIpc) is 2.37. The van der Waals surface area contributed by atoms with E-state index in [4.69, 9.17) is 5.26 Å². The van der Waals surface area contributed by atoms with Gasteiger partial charge in [-0.3, -0.25) is 10.1 Å². The van der Waals surface area contributed by atoms with E-state index in [-0.39, 0.29) is 24.7 Å². The zero-order valence-electron chi connectivity index (χ0n) is 10.2. The molecule has 10 heteroatoms. The summed E-state index contributed by atoms with van der Waals surface area (Å²) in [7, 11) is 0. The highest BCUT2D eigenvalue weighted by Gasteiger charge is 2.59. The Bertz CT molecular complexity index is 580. The van der Waals surface area contributed by atoms with Crippen molar-refractivity contribution in [1.82, 2.24) is 5.32 Å². The Morgan fingerprint density at radius 2 is 1.90 bits per heavy atom. The van der Waals surface area contributed by atoms with Gasteiger partial charge in [0.25, 0.3) is 5.69 Å². The highest BCUT2D eigenvalue weighted by atomic mass is 19.4. The van der Waals surface area contributed by atoms with E-state index in [0.29, 0.717) is 6.07 Å². The van der Waals surface area contributed by atoms with Crippen LogP contribution in [0.15, 0.2) is 18.2 Å². The third-order valence-electron chi connectivity index (χ3n) is 2.52. The molecule has 1 aromatic rings. The second kappa shape index (κ2) is 6.01. The summed E-state index contributed by atoms with van der Waals surface area (Å²) in [5.74, 6) is -5.18. The number of nitrogens with zero attached hydrogens (tertiary/aromatic N) is 2. The second-order valence-corrected chi connectivity index (χ2v) is 3.93. The lowest BCUT2D eigenvalue weighted by molar-refractivity contribution is -0.385. The number of rotatable bonds is 5. The van der Waals surface area contributed by atoms with E-state index in [0.717, 1.165) is 6.07 Å². The van der Waals surface area contributed by atoms with Crippen LogP contribution < -0.4 is 5.32 Å². The molecule has 0 saturated carbocycles. The van der Waals surface area contributed by atoms with E-state index in [2.05, 4.69) is 5.32 Å². The summed E-state index contributed by atoms with van der Waals surface area (Å²) < 4.78 is 63.0. The number of hydrogen-bond donors (Lipinski definition) is 1. The largest absolute Gasteiger partial charge is 0.458 e. The predicted octanol–water partition coefficient (Wildman–Crippen LogP) is 2.86. The van der Waals surface area contributed by atoms with E-state index in [9.17, 15) is 32.1 Å². The normalized spacial score (nSPS) is 12.0. The minimum absolute atomic E-state index is 0.100. The first kappa shape index (κ1) is 16.8. The van der Waals surface area contributed by atoms with Gasteiger partial charge < -0.3 is 5.32 Å². The standard InChI is InChI=1S/C11H8F5N3O2/c12-10(13,11(14,15)16)8-2-1-7(6-18-4-3-17)9(5-8)19(20)21/h1-2,5,18H,4,6H2. The highest BCUT2D eigenvalue weighted by Crippen LogP contribution is 2.44. The van der Waals surface area contributed by atoms with Crippen LogP contribution in [0.5, 0.6) is 0 Å². The van der Waals surface area contributed by atoms with Crippen LogP contribution in [0.1, 0.15) is 11.1 Å². The van der Waals surface area contributed by atoms with Crippen molar-refractivity contribution in [2.45, 2.75) is 18.6 Å². The molecule has 1 rings (SSSR count). The molecule has 114 valence electrons. The number of nitro groups is 1. The van der Waals surface area contributed by atoms with Crippen molar-refractivity contribution in [2.24, 2.45) is 0 Å². The van der Waals surface area contributed by atoms with E-state index in [1.807, 2.05) is 0 Å². The van der Waals surface area contributed by atoms with Gasteiger partial charge in [0, 0.05) is 23.7 Å². The molecule has 21 heavy (non-hydrogen) atoms. The van der Waals surface area contributed by atoms with E-state index >= 15 is 0 Å². The smallest absolute Gasteiger partial charge is 0.300 e. The number of nitro benzene ring substituents is 1. The topological polar surface area (TPSA) is 79.0 Å². The molecule has 0 spiro atoms. The van der Waals surface area contributed by atoms with E-state index in [1.165, 1.54) is 0 Å².